The highest BCUT2D eigenvalue weighted by atomic mass is 32.1. The second-order valence-electron chi connectivity index (χ2n) is 6.18. The van der Waals surface area contributed by atoms with Gasteiger partial charge in [0.15, 0.2) is 0 Å². The molecule has 0 aromatic carbocycles. The van der Waals surface area contributed by atoms with Crippen LogP contribution in [0.4, 0.5) is 0 Å². The van der Waals surface area contributed by atoms with Crippen molar-refractivity contribution in [1.29, 1.82) is 0 Å². The average Bonchev–Trinajstić information content (AvgIpc) is 2.96. The number of hydrogen-bond acceptors (Lipinski definition) is 5. The van der Waals surface area contributed by atoms with E-state index in [9.17, 15) is 4.79 Å². The summed E-state index contributed by atoms with van der Waals surface area (Å²) in [4.78, 5) is 14.9. The third kappa shape index (κ3) is 3.30. The quantitative estimate of drug-likeness (QED) is 0.916. The number of carbonyl (C=O) groups excluding carboxylic acids is 1. The van der Waals surface area contributed by atoms with E-state index in [1.165, 1.54) is 18.0 Å². The van der Waals surface area contributed by atoms with Crippen LogP contribution in [0.15, 0.2) is 0 Å². The van der Waals surface area contributed by atoms with Crippen molar-refractivity contribution in [3.05, 3.63) is 10.6 Å². The summed E-state index contributed by atoms with van der Waals surface area (Å²) in [5, 5.41) is 7.54. The fraction of sp³-hybridized carbons (Fsp3) is 0.769. The summed E-state index contributed by atoms with van der Waals surface area (Å²) in [5.74, 6) is 0.0358. The van der Waals surface area contributed by atoms with Crippen LogP contribution in [-0.4, -0.2) is 46.6 Å². The minimum Gasteiger partial charge on any atom is -0.339 e. The highest BCUT2D eigenvalue weighted by Crippen LogP contribution is 2.26. The second kappa shape index (κ2) is 5.54. The molecule has 0 spiro atoms. The Morgan fingerprint density at radius 1 is 1.53 bits per heavy atom. The lowest BCUT2D eigenvalue weighted by Crippen LogP contribution is -2.39. The highest BCUT2D eigenvalue weighted by molar-refractivity contribution is 7.08. The van der Waals surface area contributed by atoms with Gasteiger partial charge in [0, 0.05) is 25.0 Å². The molecule has 0 saturated carbocycles. The summed E-state index contributed by atoms with van der Waals surface area (Å²) in [7, 11) is 1.86. The zero-order chi connectivity index (χ0) is 14.0. The summed E-state index contributed by atoms with van der Waals surface area (Å²) in [6, 6.07) is 0.424. The van der Waals surface area contributed by atoms with Crippen molar-refractivity contribution in [3.8, 4) is 0 Å². The Labute approximate surface area is 118 Å². The molecular weight excluding hydrogens is 260 g/mol. The number of nitrogens with zero attached hydrogens (tertiary/aromatic N) is 3. The first-order chi connectivity index (χ1) is 8.89. The molecule has 5 nitrogen and oxygen atoms in total. The Hall–Kier alpha value is -1.01. The van der Waals surface area contributed by atoms with Gasteiger partial charge >= 0.3 is 0 Å². The van der Waals surface area contributed by atoms with Crippen LogP contribution >= 0.6 is 11.5 Å². The summed E-state index contributed by atoms with van der Waals surface area (Å²) in [5.41, 5.74) is 0.651. The van der Waals surface area contributed by atoms with Crippen molar-refractivity contribution in [2.24, 2.45) is 0 Å². The van der Waals surface area contributed by atoms with E-state index in [1.54, 1.807) is 4.90 Å². The largest absolute Gasteiger partial charge is 0.339 e. The first kappa shape index (κ1) is 14.4. The van der Waals surface area contributed by atoms with Crippen LogP contribution < -0.4 is 5.32 Å². The van der Waals surface area contributed by atoms with E-state index in [4.69, 9.17) is 0 Å². The molecule has 1 fully saturated rings. The molecule has 1 saturated heterocycles. The van der Waals surface area contributed by atoms with Crippen molar-refractivity contribution in [3.63, 3.8) is 0 Å². The predicted octanol–water partition coefficient (Wildman–Crippen LogP) is 1.66. The molecule has 1 unspecified atom stereocenters. The number of rotatable bonds is 3. The number of carbonyl (C=O) groups is 1. The van der Waals surface area contributed by atoms with Crippen molar-refractivity contribution < 1.29 is 4.79 Å². The van der Waals surface area contributed by atoms with E-state index in [-0.39, 0.29) is 11.3 Å². The molecule has 6 heteroatoms. The van der Waals surface area contributed by atoms with E-state index in [0.29, 0.717) is 10.9 Å². The van der Waals surface area contributed by atoms with Crippen LogP contribution in [0.25, 0.3) is 0 Å². The molecule has 1 aromatic rings. The molecule has 0 aliphatic carbocycles. The van der Waals surface area contributed by atoms with Crippen LogP contribution in [0.5, 0.6) is 0 Å². The third-order valence-corrected chi connectivity index (χ3v) is 4.11. The number of aromatic nitrogens is 2. The van der Waals surface area contributed by atoms with Crippen LogP contribution in [-0.2, 0) is 5.41 Å². The molecular formula is C13H22N4OS. The number of hydrogen-bond donors (Lipinski definition) is 1. The van der Waals surface area contributed by atoms with Gasteiger partial charge in [0.05, 0.1) is 5.69 Å². The molecule has 1 amide bonds. The summed E-state index contributed by atoms with van der Waals surface area (Å²) in [6.07, 6.45) is 2.34. The van der Waals surface area contributed by atoms with Gasteiger partial charge in [-0.05, 0) is 30.9 Å². The van der Waals surface area contributed by atoms with Gasteiger partial charge < -0.3 is 10.2 Å². The lowest BCUT2D eigenvalue weighted by Gasteiger charge is -2.22. The van der Waals surface area contributed by atoms with Crippen LogP contribution in [0.3, 0.4) is 0 Å². The first-order valence-corrected chi connectivity index (χ1v) is 7.48. The Kier molecular flexibility index (Phi) is 4.20. The molecule has 2 rings (SSSR count). The number of amides is 1. The topological polar surface area (TPSA) is 58.1 Å². The van der Waals surface area contributed by atoms with Crippen molar-refractivity contribution >= 4 is 17.4 Å². The maximum absolute atomic E-state index is 12.5. The normalized spacial score (nSPS) is 19.7. The minimum atomic E-state index is -0.148. The molecule has 1 atom stereocenters. The Morgan fingerprint density at radius 2 is 2.26 bits per heavy atom. The molecule has 106 valence electrons. The maximum Gasteiger partial charge on any atom is 0.267 e. The molecule has 1 aromatic heterocycles. The van der Waals surface area contributed by atoms with Crippen molar-refractivity contribution in [2.45, 2.75) is 45.1 Å². The van der Waals surface area contributed by atoms with Gasteiger partial charge in [0.25, 0.3) is 5.91 Å². The summed E-state index contributed by atoms with van der Waals surface area (Å²) in [6.45, 7) is 7.97. The SMILES string of the molecule is CN(CC1CCCN1)C(=O)c1snnc1C(C)(C)C. The predicted molar refractivity (Wildman–Crippen MR) is 76.6 cm³/mol. The van der Waals surface area contributed by atoms with Gasteiger partial charge in [-0.2, -0.15) is 0 Å². The van der Waals surface area contributed by atoms with E-state index >= 15 is 0 Å². The van der Waals surface area contributed by atoms with Crippen LogP contribution in [0.1, 0.15) is 49.0 Å². The lowest BCUT2D eigenvalue weighted by molar-refractivity contribution is 0.0786. The molecule has 1 N–H and O–H groups in total. The Morgan fingerprint density at radius 3 is 2.84 bits per heavy atom. The fourth-order valence-electron chi connectivity index (χ4n) is 2.32. The van der Waals surface area contributed by atoms with E-state index in [0.717, 1.165) is 25.2 Å². The van der Waals surface area contributed by atoms with Gasteiger partial charge in [0.1, 0.15) is 4.88 Å². The third-order valence-electron chi connectivity index (χ3n) is 3.40. The minimum absolute atomic E-state index is 0.0358. The van der Waals surface area contributed by atoms with E-state index in [1.807, 2.05) is 7.05 Å². The summed E-state index contributed by atoms with van der Waals surface area (Å²) < 4.78 is 3.95. The van der Waals surface area contributed by atoms with Gasteiger partial charge in [-0.3, -0.25) is 4.79 Å². The zero-order valence-corrected chi connectivity index (χ0v) is 12.9. The highest BCUT2D eigenvalue weighted by Gasteiger charge is 2.29. The van der Waals surface area contributed by atoms with Crippen LogP contribution in [0, 0.1) is 0 Å². The van der Waals surface area contributed by atoms with Crippen molar-refractivity contribution in [2.75, 3.05) is 20.1 Å². The fourth-order valence-corrected chi connectivity index (χ4v) is 3.19. The molecule has 0 radical (unpaired) electrons. The monoisotopic (exact) mass is 282 g/mol. The Bertz CT molecular complexity index is 446. The number of likely N-dealkylation sites (N-methyl/N-ethyl adjacent to an activating group) is 1. The zero-order valence-electron chi connectivity index (χ0n) is 12.1. The summed E-state index contributed by atoms with van der Waals surface area (Å²) >= 11 is 1.20. The van der Waals surface area contributed by atoms with Gasteiger partial charge in [0.2, 0.25) is 0 Å². The standard InChI is InChI=1S/C13H22N4OS/c1-13(2,3)11-10(19-16-15-11)12(18)17(4)8-9-6-5-7-14-9/h9,14H,5-8H2,1-4H3. The smallest absolute Gasteiger partial charge is 0.267 e. The van der Waals surface area contributed by atoms with E-state index < -0.39 is 0 Å². The number of nitrogens with one attached hydrogen (secondary N) is 1. The molecule has 1 aliphatic heterocycles. The maximum atomic E-state index is 12.5. The Balaban J connectivity index is 2.08. The van der Waals surface area contributed by atoms with Gasteiger partial charge in [-0.15, -0.1) is 5.10 Å². The second-order valence-corrected chi connectivity index (χ2v) is 6.93. The average molecular weight is 282 g/mol. The van der Waals surface area contributed by atoms with Gasteiger partial charge in [-0.1, -0.05) is 25.3 Å². The van der Waals surface area contributed by atoms with E-state index in [2.05, 4.69) is 35.7 Å². The molecule has 1 aliphatic rings. The first-order valence-electron chi connectivity index (χ1n) is 6.71. The van der Waals surface area contributed by atoms with Crippen molar-refractivity contribution in [1.82, 2.24) is 19.8 Å². The lowest BCUT2D eigenvalue weighted by atomic mass is 9.91. The van der Waals surface area contributed by atoms with Gasteiger partial charge in [-0.25, -0.2) is 0 Å². The molecule has 19 heavy (non-hydrogen) atoms. The molecule has 2 heterocycles. The van der Waals surface area contributed by atoms with Crippen LogP contribution in [0.2, 0.25) is 0 Å². The molecule has 0 bridgehead atoms.